The lowest BCUT2D eigenvalue weighted by molar-refractivity contribution is -0.138. The van der Waals surface area contributed by atoms with Crippen LogP contribution in [0.2, 0.25) is 0 Å². The van der Waals surface area contributed by atoms with Gasteiger partial charge in [0, 0.05) is 31.6 Å². The summed E-state index contributed by atoms with van der Waals surface area (Å²) in [6.07, 6.45) is 0.501. The monoisotopic (exact) mass is 346 g/mol. The highest BCUT2D eigenvalue weighted by molar-refractivity contribution is 7.71. The zero-order valence-electron chi connectivity index (χ0n) is 14.0. The van der Waals surface area contributed by atoms with E-state index >= 15 is 0 Å². The standard InChI is InChI=1S/C17H22N4O2S/c1-12-4-3-5-14(10-12)16-18-19-17(24)21(16)7-6-15(22)20-8-9-23-13(2)11-20/h3-5,10,13H,6-9,11H2,1-2H3,(H,19,24)/t13-/m1/s1. The van der Waals surface area contributed by atoms with Gasteiger partial charge in [0.15, 0.2) is 10.6 Å². The molecule has 0 aliphatic carbocycles. The number of morpholine rings is 1. The number of aromatic nitrogens is 3. The SMILES string of the molecule is Cc1cccc(-c2n[nH]c(=S)n2CCC(=O)N2CCO[C@H](C)C2)c1. The van der Waals surface area contributed by atoms with Crippen LogP contribution in [0.25, 0.3) is 11.4 Å². The first kappa shape index (κ1) is 16.9. The zero-order valence-corrected chi connectivity index (χ0v) is 14.8. The molecule has 0 unspecified atom stereocenters. The van der Waals surface area contributed by atoms with Crippen LogP contribution in [0.5, 0.6) is 0 Å². The number of carbonyl (C=O) groups excluding carboxylic acids is 1. The second-order valence-corrected chi connectivity index (χ2v) is 6.53. The van der Waals surface area contributed by atoms with Gasteiger partial charge in [0.25, 0.3) is 0 Å². The van der Waals surface area contributed by atoms with Crippen molar-refractivity contribution in [2.45, 2.75) is 32.9 Å². The predicted molar refractivity (Wildman–Crippen MR) is 94.2 cm³/mol. The molecule has 128 valence electrons. The molecule has 7 heteroatoms. The largest absolute Gasteiger partial charge is 0.375 e. The maximum atomic E-state index is 12.4. The van der Waals surface area contributed by atoms with Gasteiger partial charge in [-0.25, -0.2) is 0 Å². The van der Waals surface area contributed by atoms with Gasteiger partial charge in [-0.1, -0.05) is 23.8 Å². The third-order valence-corrected chi connectivity index (χ3v) is 4.49. The Balaban J connectivity index is 1.73. The average Bonchev–Trinajstić information content (AvgIpc) is 2.93. The van der Waals surface area contributed by atoms with E-state index in [0.29, 0.717) is 37.4 Å². The topological polar surface area (TPSA) is 63.2 Å². The number of amides is 1. The number of rotatable bonds is 4. The molecule has 3 rings (SSSR count). The molecule has 1 atom stereocenters. The number of hydrogen-bond donors (Lipinski definition) is 1. The van der Waals surface area contributed by atoms with E-state index in [4.69, 9.17) is 17.0 Å². The highest BCUT2D eigenvalue weighted by Crippen LogP contribution is 2.19. The molecule has 1 aliphatic heterocycles. The Morgan fingerprint density at radius 3 is 3.08 bits per heavy atom. The van der Waals surface area contributed by atoms with Gasteiger partial charge in [-0.3, -0.25) is 14.5 Å². The fourth-order valence-corrected chi connectivity index (χ4v) is 3.16. The van der Waals surface area contributed by atoms with E-state index < -0.39 is 0 Å². The van der Waals surface area contributed by atoms with Gasteiger partial charge >= 0.3 is 0 Å². The summed E-state index contributed by atoms with van der Waals surface area (Å²) in [5.41, 5.74) is 2.15. The molecule has 0 spiro atoms. The molecule has 1 fully saturated rings. The summed E-state index contributed by atoms with van der Waals surface area (Å²) < 4.78 is 7.92. The fraction of sp³-hybridized carbons (Fsp3) is 0.471. The minimum absolute atomic E-state index is 0.0987. The summed E-state index contributed by atoms with van der Waals surface area (Å²) in [4.78, 5) is 14.3. The number of aryl methyl sites for hydroxylation is 1. The number of H-pyrrole nitrogens is 1. The lowest BCUT2D eigenvalue weighted by atomic mass is 10.1. The number of aromatic amines is 1. The van der Waals surface area contributed by atoms with Crippen molar-refractivity contribution in [3.05, 3.63) is 34.6 Å². The second-order valence-electron chi connectivity index (χ2n) is 6.14. The summed E-state index contributed by atoms with van der Waals surface area (Å²) in [6, 6.07) is 8.10. The van der Waals surface area contributed by atoms with Gasteiger partial charge in [-0.2, -0.15) is 5.10 Å². The molecule has 6 nitrogen and oxygen atoms in total. The van der Waals surface area contributed by atoms with Crippen LogP contribution in [0.15, 0.2) is 24.3 Å². The Kier molecular flexibility index (Phi) is 5.11. The van der Waals surface area contributed by atoms with Crippen molar-refractivity contribution < 1.29 is 9.53 Å². The van der Waals surface area contributed by atoms with E-state index in [0.717, 1.165) is 17.0 Å². The third kappa shape index (κ3) is 3.73. The van der Waals surface area contributed by atoms with E-state index in [2.05, 4.69) is 16.3 Å². The van der Waals surface area contributed by atoms with Crippen LogP contribution >= 0.6 is 12.2 Å². The van der Waals surface area contributed by atoms with Crippen LogP contribution in [-0.2, 0) is 16.1 Å². The third-order valence-electron chi connectivity index (χ3n) is 4.18. The molecular formula is C17H22N4O2S. The van der Waals surface area contributed by atoms with Crippen LogP contribution in [0.1, 0.15) is 18.9 Å². The first-order chi connectivity index (χ1) is 11.5. The minimum Gasteiger partial charge on any atom is -0.375 e. The zero-order chi connectivity index (χ0) is 17.1. The molecule has 24 heavy (non-hydrogen) atoms. The van der Waals surface area contributed by atoms with Gasteiger partial charge in [-0.15, -0.1) is 0 Å². The van der Waals surface area contributed by atoms with Gasteiger partial charge in [0.05, 0.1) is 12.7 Å². The Morgan fingerprint density at radius 2 is 2.33 bits per heavy atom. The molecule has 1 aromatic carbocycles. The van der Waals surface area contributed by atoms with Crippen molar-refractivity contribution >= 4 is 18.1 Å². The van der Waals surface area contributed by atoms with Crippen LogP contribution < -0.4 is 0 Å². The lowest BCUT2D eigenvalue weighted by Crippen LogP contribution is -2.44. The van der Waals surface area contributed by atoms with Crippen LogP contribution in [-0.4, -0.2) is 51.4 Å². The number of nitrogens with zero attached hydrogens (tertiary/aromatic N) is 3. The number of nitrogens with one attached hydrogen (secondary N) is 1. The van der Waals surface area contributed by atoms with Gasteiger partial charge < -0.3 is 9.64 Å². The minimum atomic E-state index is 0.0987. The molecule has 1 aromatic heterocycles. The molecule has 0 radical (unpaired) electrons. The first-order valence-corrected chi connectivity index (χ1v) is 8.57. The molecule has 1 saturated heterocycles. The van der Waals surface area contributed by atoms with Crippen LogP contribution in [0.3, 0.4) is 0 Å². The summed E-state index contributed by atoms with van der Waals surface area (Å²) in [5, 5.41) is 7.17. The van der Waals surface area contributed by atoms with Crippen molar-refractivity contribution in [2.24, 2.45) is 0 Å². The average molecular weight is 346 g/mol. The summed E-state index contributed by atoms with van der Waals surface area (Å²) in [5.74, 6) is 0.898. The molecule has 0 saturated carbocycles. The van der Waals surface area contributed by atoms with Crippen molar-refractivity contribution in [2.75, 3.05) is 19.7 Å². The van der Waals surface area contributed by atoms with Gasteiger partial charge in [0.2, 0.25) is 5.91 Å². The smallest absolute Gasteiger partial charge is 0.224 e. The highest BCUT2D eigenvalue weighted by Gasteiger charge is 2.21. The van der Waals surface area contributed by atoms with E-state index in [1.807, 2.05) is 41.5 Å². The first-order valence-electron chi connectivity index (χ1n) is 8.16. The summed E-state index contributed by atoms with van der Waals surface area (Å²) >= 11 is 5.33. The maximum absolute atomic E-state index is 12.4. The van der Waals surface area contributed by atoms with E-state index in [-0.39, 0.29) is 12.0 Å². The predicted octanol–water partition coefficient (Wildman–Crippen LogP) is 2.55. The number of benzene rings is 1. The van der Waals surface area contributed by atoms with E-state index in [9.17, 15) is 4.79 Å². The Bertz CT molecular complexity index is 783. The molecule has 1 aliphatic rings. The number of ether oxygens (including phenoxy) is 1. The number of hydrogen-bond acceptors (Lipinski definition) is 4. The Hall–Kier alpha value is -1.99. The number of carbonyl (C=O) groups is 1. The lowest BCUT2D eigenvalue weighted by Gasteiger charge is -2.31. The maximum Gasteiger partial charge on any atom is 0.224 e. The summed E-state index contributed by atoms with van der Waals surface area (Å²) in [6.45, 7) is 6.46. The summed E-state index contributed by atoms with van der Waals surface area (Å²) in [7, 11) is 0. The van der Waals surface area contributed by atoms with Crippen molar-refractivity contribution in [1.82, 2.24) is 19.7 Å². The van der Waals surface area contributed by atoms with E-state index in [1.165, 1.54) is 0 Å². The Labute approximate surface area is 146 Å². The Morgan fingerprint density at radius 1 is 1.50 bits per heavy atom. The molecular weight excluding hydrogens is 324 g/mol. The van der Waals surface area contributed by atoms with E-state index in [1.54, 1.807) is 0 Å². The molecule has 1 amide bonds. The molecule has 2 heterocycles. The highest BCUT2D eigenvalue weighted by atomic mass is 32.1. The van der Waals surface area contributed by atoms with Gasteiger partial charge in [0.1, 0.15) is 0 Å². The quantitative estimate of drug-likeness (QED) is 0.864. The van der Waals surface area contributed by atoms with Crippen molar-refractivity contribution in [1.29, 1.82) is 0 Å². The second kappa shape index (κ2) is 7.27. The molecule has 1 N–H and O–H groups in total. The van der Waals surface area contributed by atoms with Gasteiger partial charge in [-0.05, 0) is 32.1 Å². The van der Waals surface area contributed by atoms with Crippen molar-refractivity contribution in [3.63, 3.8) is 0 Å². The normalized spacial score (nSPS) is 17.9. The molecule has 0 bridgehead atoms. The van der Waals surface area contributed by atoms with Crippen molar-refractivity contribution in [3.8, 4) is 11.4 Å². The molecule has 2 aromatic rings. The van der Waals surface area contributed by atoms with Crippen LogP contribution in [0.4, 0.5) is 0 Å². The fourth-order valence-electron chi connectivity index (χ4n) is 2.94. The van der Waals surface area contributed by atoms with Crippen LogP contribution in [0, 0.1) is 11.7 Å².